The van der Waals surface area contributed by atoms with Gasteiger partial charge in [-0.3, -0.25) is 9.59 Å². The van der Waals surface area contributed by atoms with Crippen LogP contribution in [0.2, 0.25) is 3.67 Å². The fraction of sp³-hybridized carbons (Fsp3) is 0.818. The molecule has 0 heterocycles. The normalized spacial score (nSPS) is 9.19. The van der Waals surface area contributed by atoms with Gasteiger partial charge in [-0.15, -0.1) is 0 Å². The fourth-order valence-electron chi connectivity index (χ4n) is 1.16. The van der Waals surface area contributed by atoms with Crippen molar-refractivity contribution in [1.82, 2.24) is 0 Å². The van der Waals surface area contributed by atoms with Gasteiger partial charge in [-0.1, -0.05) is 0 Å². The van der Waals surface area contributed by atoms with E-state index in [1.54, 1.807) is 0 Å². The van der Waals surface area contributed by atoms with Crippen LogP contribution < -0.4 is 0 Å². The van der Waals surface area contributed by atoms with Crippen LogP contribution in [0.15, 0.2) is 0 Å². The van der Waals surface area contributed by atoms with E-state index in [-0.39, 0.29) is 0 Å². The van der Waals surface area contributed by atoms with Crippen molar-refractivity contribution in [2.24, 2.45) is 0 Å². The second-order valence-corrected chi connectivity index (χ2v) is 4.73. The van der Waals surface area contributed by atoms with Crippen LogP contribution in [-0.2, 0) is 9.59 Å². The first kappa shape index (κ1) is 18.3. The predicted molar refractivity (Wildman–Crippen MR) is 63.8 cm³/mol. The summed E-state index contributed by atoms with van der Waals surface area (Å²) in [5.74, 6) is -2.62. The second kappa shape index (κ2) is 14.9. The van der Waals surface area contributed by atoms with E-state index in [2.05, 4.69) is 6.92 Å². The maximum atomic E-state index is 9.43. The zero-order valence-electron chi connectivity index (χ0n) is 10.4. The van der Waals surface area contributed by atoms with E-state index in [1.165, 1.54) is 70.1 Å². The van der Waals surface area contributed by atoms with Gasteiger partial charge in [0.2, 0.25) is 0 Å². The number of carbonyl (C=O) groups is 2. The van der Waals surface area contributed by atoms with Crippen molar-refractivity contribution in [1.29, 1.82) is 0 Å². The Morgan fingerprint density at radius 3 is 1.69 bits per heavy atom. The zero-order valence-corrected chi connectivity index (χ0v) is 12.4. The van der Waals surface area contributed by atoms with Crippen molar-refractivity contribution in [3.63, 3.8) is 0 Å². The molecule has 0 spiro atoms. The third-order valence-electron chi connectivity index (χ3n) is 2.01. The maximum absolute atomic E-state index is 9.43. The third kappa shape index (κ3) is 23.6. The summed E-state index contributed by atoms with van der Waals surface area (Å²) in [6.07, 6.45) is 7.95. The van der Waals surface area contributed by atoms with Crippen LogP contribution in [0.5, 0.6) is 0 Å². The van der Waals surface area contributed by atoms with Crippen molar-refractivity contribution in [3.05, 3.63) is 0 Å². The Bertz CT molecular complexity index is 165. The number of carboxylic acid groups (broad SMARTS) is 2. The van der Waals surface area contributed by atoms with E-state index < -0.39 is 18.4 Å². The third-order valence-corrected chi connectivity index (χ3v) is 2.72. The van der Waals surface area contributed by atoms with Crippen molar-refractivity contribution in [2.45, 2.75) is 55.5 Å². The Morgan fingerprint density at radius 1 is 0.938 bits per heavy atom. The van der Waals surface area contributed by atoms with Crippen molar-refractivity contribution >= 4 is 39.9 Å². The molecular weight excluding hydrogens is 219 g/mol. The summed E-state index contributed by atoms with van der Waals surface area (Å²) in [6, 6.07) is 0. The minimum atomic E-state index is -1.31. The monoisotopic (exact) mass is 240 g/mol. The number of rotatable bonds is 8. The Morgan fingerprint density at radius 2 is 1.38 bits per heavy atom. The molecule has 0 aliphatic heterocycles. The zero-order chi connectivity index (χ0) is 12.8. The number of hydrogen-bond donors (Lipinski definition) is 2. The van der Waals surface area contributed by atoms with Crippen LogP contribution >= 0.6 is 0 Å². The van der Waals surface area contributed by atoms with Crippen molar-refractivity contribution in [3.8, 4) is 0 Å². The number of hydrogen-bond acceptors (Lipinski definition) is 2. The molecule has 90 valence electrons. The number of carboxylic acids is 2. The number of aliphatic carboxylic acids is 2. The fourth-order valence-corrected chi connectivity index (χ4v) is 1.66. The molecule has 4 nitrogen and oxygen atoms in total. The Kier molecular flexibility index (Phi) is 17.1. The smallest absolute Gasteiger partial charge is 0.314 e. The molecule has 0 atom stereocenters. The molecule has 5 heteroatoms. The molecule has 0 unspecified atom stereocenters. The molecule has 0 fully saturated rings. The van der Waals surface area contributed by atoms with Crippen LogP contribution in [0, 0.1) is 0 Å². The molecule has 0 aliphatic carbocycles. The van der Waals surface area contributed by atoms with Crippen LogP contribution in [0.3, 0.4) is 0 Å². The minimum absolute atomic E-state index is 0.806. The largest absolute Gasteiger partial charge is 0.481 e. The molecule has 0 aliphatic rings. The summed E-state index contributed by atoms with van der Waals surface area (Å²) in [6.45, 7) is 2.27. The SMILES string of the molecule is CCCCCCC[CH2][Na].O=C(O)CC(=O)O. The van der Waals surface area contributed by atoms with E-state index in [4.69, 9.17) is 10.2 Å². The Labute approximate surface area is 115 Å². The molecule has 0 bridgehead atoms. The van der Waals surface area contributed by atoms with Crippen molar-refractivity contribution in [2.75, 3.05) is 0 Å². The van der Waals surface area contributed by atoms with Crippen molar-refractivity contribution < 1.29 is 19.8 Å². The van der Waals surface area contributed by atoms with Crippen LogP contribution in [-0.4, -0.2) is 50.1 Å². The van der Waals surface area contributed by atoms with Gasteiger partial charge in [-0.2, -0.15) is 0 Å². The van der Waals surface area contributed by atoms with Gasteiger partial charge in [0.25, 0.3) is 0 Å². The molecule has 0 aromatic carbocycles. The average molecular weight is 240 g/mol. The molecule has 0 saturated heterocycles. The summed E-state index contributed by atoms with van der Waals surface area (Å²) >= 11 is 1.41. The molecule has 16 heavy (non-hydrogen) atoms. The molecule has 0 radical (unpaired) electrons. The van der Waals surface area contributed by atoms with Gasteiger partial charge in [-0.05, 0) is 0 Å². The van der Waals surface area contributed by atoms with Crippen LogP contribution in [0.25, 0.3) is 0 Å². The summed E-state index contributed by atoms with van der Waals surface area (Å²) < 4.78 is 1.51. The van der Waals surface area contributed by atoms with E-state index in [9.17, 15) is 9.59 Å². The van der Waals surface area contributed by atoms with Crippen LogP contribution in [0.4, 0.5) is 0 Å². The van der Waals surface area contributed by atoms with Gasteiger partial charge in [0.15, 0.2) is 0 Å². The van der Waals surface area contributed by atoms with Gasteiger partial charge in [0.05, 0.1) is 0 Å². The van der Waals surface area contributed by atoms with E-state index >= 15 is 0 Å². The van der Waals surface area contributed by atoms with E-state index in [0.29, 0.717) is 0 Å². The predicted octanol–water partition coefficient (Wildman–Crippen LogP) is 2.48. The topological polar surface area (TPSA) is 74.6 Å². The Balaban J connectivity index is 0. The first-order valence-corrected chi connectivity index (χ1v) is 7.39. The van der Waals surface area contributed by atoms with Gasteiger partial charge < -0.3 is 10.2 Å². The second-order valence-electron chi connectivity index (χ2n) is 3.73. The molecule has 0 aromatic rings. The van der Waals surface area contributed by atoms with Crippen LogP contribution in [0.1, 0.15) is 51.9 Å². The first-order chi connectivity index (χ1) is 7.54. The quantitative estimate of drug-likeness (QED) is 0.388. The summed E-state index contributed by atoms with van der Waals surface area (Å²) in [4.78, 5) is 18.9. The standard InChI is InChI=1S/C8H17.C3H4O4.Na/c1-3-5-7-8-6-4-2;4-2(5)1-3(6)7;/h1,3-8H2,2H3;1H2,(H,4,5)(H,6,7);. The summed E-state index contributed by atoms with van der Waals surface area (Å²) in [5, 5.41) is 15.4. The molecular formula is C11H21NaO4. The molecule has 0 saturated carbocycles. The van der Waals surface area contributed by atoms with E-state index in [0.717, 1.165) is 0 Å². The van der Waals surface area contributed by atoms with Gasteiger partial charge >= 0.3 is 89.0 Å². The van der Waals surface area contributed by atoms with E-state index in [1.807, 2.05) is 0 Å². The molecule has 0 aromatic heterocycles. The summed E-state index contributed by atoms with van der Waals surface area (Å²) in [7, 11) is 0. The van der Waals surface area contributed by atoms with Gasteiger partial charge in [-0.25, -0.2) is 0 Å². The first-order valence-electron chi connectivity index (χ1n) is 5.98. The number of unbranched alkanes of at least 4 members (excludes halogenated alkanes) is 5. The molecule has 0 amide bonds. The maximum Gasteiger partial charge on any atom is 0.314 e. The van der Waals surface area contributed by atoms with Gasteiger partial charge in [0.1, 0.15) is 6.42 Å². The Hall–Kier alpha value is -0.0600. The molecule has 2 N–H and O–H groups in total. The minimum Gasteiger partial charge on any atom is -0.481 e. The molecule has 0 rings (SSSR count). The summed E-state index contributed by atoms with van der Waals surface area (Å²) in [5.41, 5.74) is 0. The average Bonchev–Trinajstić information content (AvgIpc) is 2.16. The van der Waals surface area contributed by atoms with Gasteiger partial charge in [0, 0.05) is 0 Å².